The van der Waals surface area contributed by atoms with Gasteiger partial charge in [-0.3, -0.25) is 0 Å². The number of nitrogens with zero attached hydrogens (tertiary/aromatic N) is 1. The minimum absolute atomic E-state index is 0.158. The topological polar surface area (TPSA) is 92.9 Å². The Morgan fingerprint density at radius 1 is 1.48 bits per heavy atom. The predicted octanol–water partition coefficient (Wildman–Crippen LogP) is 0.477. The van der Waals surface area contributed by atoms with E-state index in [9.17, 15) is 13.5 Å². The second kappa shape index (κ2) is 6.41. The van der Waals surface area contributed by atoms with Crippen LogP contribution in [0.1, 0.15) is 25.5 Å². The van der Waals surface area contributed by atoms with Crippen LogP contribution in [0.25, 0.3) is 0 Å². The highest BCUT2D eigenvalue weighted by Crippen LogP contribution is 2.23. The Kier molecular flexibility index (Phi) is 5.00. The van der Waals surface area contributed by atoms with Crippen LogP contribution in [0.5, 0.6) is 0 Å². The number of aliphatic hydroxyl groups excluding tert-OH is 1. The van der Waals surface area contributed by atoms with Crippen molar-refractivity contribution in [3.8, 4) is 0 Å². The molecule has 1 aliphatic rings. The third kappa shape index (κ3) is 3.61. The first-order chi connectivity index (χ1) is 9.84. The van der Waals surface area contributed by atoms with E-state index < -0.39 is 16.1 Å². The maximum absolute atomic E-state index is 12.7. The molecule has 1 aromatic rings. The molecule has 7 heteroatoms. The zero-order valence-corrected chi connectivity index (χ0v) is 13.1. The van der Waals surface area contributed by atoms with Crippen LogP contribution in [0.15, 0.2) is 29.2 Å². The van der Waals surface area contributed by atoms with Gasteiger partial charge in [-0.25, -0.2) is 8.42 Å². The van der Waals surface area contributed by atoms with Crippen molar-refractivity contribution in [1.82, 2.24) is 4.31 Å². The minimum Gasteiger partial charge on any atom is -0.394 e. The van der Waals surface area contributed by atoms with Gasteiger partial charge < -0.3 is 15.6 Å². The Hall–Kier alpha value is -0.990. The van der Waals surface area contributed by atoms with Gasteiger partial charge in [-0.2, -0.15) is 4.31 Å². The number of aliphatic hydroxyl groups is 1. The molecule has 0 aromatic heterocycles. The number of nitrogens with two attached hydrogens (primary N) is 1. The molecule has 1 saturated heterocycles. The summed E-state index contributed by atoms with van der Waals surface area (Å²) in [5.74, 6) is 0. The number of rotatable bonds is 4. The lowest BCUT2D eigenvalue weighted by molar-refractivity contribution is -0.0750. The van der Waals surface area contributed by atoms with Gasteiger partial charge in [-0.05, 0) is 31.5 Å². The molecule has 1 heterocycles. The molecule has 21 heavy (non-hydrogen) atoms. The third-order valence-corrected chi connectivity index (χ3v) is 5.35. The van der Waals surface area contributed by atoms with Gasteiger partial charge >= 0.3 is 0 Å². The van der Waals surface area contributed by atoms with Crippen molar-refractivity contribution in [1.29, 1.82) is 0 Å². The fourth-order valence-electron chi connectivity index (χ4n) is 2.41. The van der Waals surface area contributed by atoms with Gasteiger partial charge in [0.05, 0.1) is 23.7 Å². The van der Waals surface area contributed by atoms with Crippen molar-refractivity contribution in [2.45, 2.75) is 37.0 Å². The molecule has 1 aliphatic heterocycles. The van der Waals surface area contributed by atoms with E-state index in [-0.39, 0.29) is 36.7 Å². The zero-order valence-electron chi connectivity index (χ0n) is 12.3. The van der Waals surface area contributed by atoms with Crippen LogP contribution in [0.4, 0.5) is 0 Å². The number of sulfonamides is 1. The SMILES string of the molecule is CC1CN(S(=O)(=O)c2cccc(C(C)N)c2)CC(CO)O1. The molecule has 3 unspecified atom stereocenters. The normalized spacial score (nSPS) is 25.7. The number of benzene rings is 1. The maximum Gasteiger partial charge on any atom is 0.243 e. The van der Waals surface area contributed by atoms with Crippen molar-refractivity contribution < 1.29 is 18.3 Å². The lowest BCUT2D eigenvalue weighted by atomic mass is 10.1. The van der Waals surface area contributed by atoms with E-state index in [4.69, 9.17) is 10.5 Å². The molecule has 0 aliphatic carbocycles. The first-order valence-corrected chi connectivity index (χ1v) is 8.40. The van der Waals surface area contributed by atoms with Crippen LogP contribution in [0.2, 0.25) is 0 Å². The number of ether oxygens (including phenoxy) is 1. The summed E-state index contributed by atoms with van der Waals surface area (Å²) < 4.78 is 32.3. The van der Waals surface area contributed by atoms with Gasteiger partial charge in [0.1, 0.15) is 0 Å². The van der Waals surface area contributed by atoms with E-state index in [1.54, 1.807) is 25.1 Å². The molecule has 0 saturated carbocycles. The smallest absolute Gasteiger partial charge is 0.243 e. The molecule has 1 aromatic carbocycles. The van der Waals surface area contributed by atoms with Gasteiger partial charge in [0, 0.05) is 19.1 Å². The summed E-state index contributed by atoms with van der Waals surface area (Å²) in [6, 6.07) is 6.44. The van der Waals surface area contributed by atoms with E-state index >= 15 is 0 Å². The number of hydrogen-bond donors (Lipinski definition) is 2. The maximum atomic E-state index is 12.7. The van der Waals surface area contributed by atoms with Crippen LogP contribution in [0, 0.1) is 0 Å². The number of morpholine rings is 1. The Labute approximate surface area is 125 Å². The first kappa shape index (κ1) is 16.4. The van der Waals surface area contributed by atoms with Crippen molar-refractivity contribution in [2.75, 3.05) is 19.7 Å². The van der Waals surface area contributed by atoms with Gasteiger partial charge in [-0.1, -0.05) is 12.1 Å². The van der Waals surface area contributed by atoms with E-state index in [0.717, 1.165) is 5.56 Å². The second-order valence-electron chi connectivity index (χ2n) is 5.43. The van der Waals surface area contributed by atoms with Crippen LogP contribution in [-0.4, -0.2) is 49.7 Å². The van der Waals surface area contributed by atoms with Gasteiger partial charge in [0.25, 0.3) is 0 Å². The molecule has 6 nitrogen and oxygen atoms in total. The molecule has 118 valence electrons. The standard InChI is InChI=1S/C14H22N2O4S/c1-10-7-16(8-13(9-17)20-10)21(18,19)14-5-3-4-12(6-14)11(2)15/h3-6,10-11,13,17H,7-9,15H2,1-2H3. The molecule has 3 N–H and O–H groups in total. The molecule has 0 spiro atoms. The van der Waals surface area contributed by atoms with Crippen molar-refractivity contribution in [3.05, 3.63) is 29.8 Å². The highest BCUT2D eigenvalue weighted by molar-refractivity contribution is 7.89. The quantitative estimate of drug-likeness (QED) is 0.843. The summed E-state index contributed by atoms with van der Waals surface area (Å²) in [5, 5.41) is 9.22. The summed E-state index contributed by atoms with van der Waals surface area (Å²) in [6.45, 7) is 3.84. The Bertz CT molecular complexity index is 588. The molecular weight excluding hydrogens is 292 g/mol. The summed E-state index contributed by atoms with van der Waals surface area (Å²) in [6.07, 6.45) is -0.734. The highest BCUT2D eigenvalue weighted by Gasteiger charge is 2.33. The largest absolute Gasteiger partial charge is 0.394 e. The fraction of sp³-hybridized carbons (Fsp3) is 0.571. The van der Waals surface area contributed by atoms with Crippen LogP contribution < -0.4 is 5.73 Å². The molecule has 0 amide bonds. The molecular formula is C14H22N2O4S. The first-order valence-electron chi connectivity index (χ1n) is 6.96. The summed E-state index contributed by atoms with van der Waals surface area (Å²) >= 11 is 0. The summed E-state index contributed by atoms with van der Waals surface area (Å²) in [4.78, 5) is 0.225. The van der Waals surface area contributed by atoms with Crippen molar-refractivity contribution >= 4 is 10.0 Å². The van der Waals surface area contributed by atoms with Crippen molar-refractivity contribution in [3.63, 3.8) is 0 Å². The fourth-order valence-corrected chi connectivity index (χ4v) is 4.01. The van der Waals surface area contributed by atoms with Gasteiger partial charge in [0.15, 0.2) is 0 Å². The molecule has 1 fully saturated rings. The monoisotopic (exact) mass is 314 g/mol. The molecule has 0 radical (unpaired) electrons. The van der Waals surface area contributed by atoms with Crippen molar-refractivity contribution in [2.24, 2.45) is 5.73 Å². The zero-order chi connectivity index (χ0) is 15.6. The minimum atomic E-state index is -3.61. The molecule has 0 bridgehead atoms. The summed E-state index contributed by atoms with van der Waals surface area (Å²) in [5.41, 5.74) is 6.58. The third-order valence-electron chi connectivity index (χ3n) is 3.52. The Balaban J connectivity index is 2.31. The van der Waals surface area contributed by atoms with E-state index in [0.29, 0.717) is 0 Å². The Morgan fingerprint density at radius 2 is 2.19 bits per heavy atom. The second-order valence-corrected chi connectivity index (χ2v) is 7.37. The van der Waals surface area contributed by atoms with E-state index in [2.05, 4.69) is 0 Å². The van der Waals surface area contributed by atoms with Gasteiger partial charge in [0.2, 0.25) is 10.0 Å². The van der Waals surface area contributed by atoms with Crippen LogP contribution >= 0.6 is 0 Å². The lowest BCUT2D eigenvalue weighted by Crippen LogP contribution is -2.50. The lowest BCUT2D eigenvalue weighted by Gasteiger charge is -2.35. The van der Waals surface area contributed by atoms with E-state index in [1.807, 2.05) is 13.0 Å². The number of hydrogen-bond acceptors (Lipinski definition) is 5. The molecule has 2 rings (SSSR count). The Morgan fingerprint density at radius 3 is 2.81 bits per heavy atom. The highest BCUT2D eigenvalue weighted by atomic mass is 32.2. The van der Waals surface area contributed by atoms with Crippen LogP contribution in [0.3, 0.4) is 0 Å². The van der Waals surface area contributed by atoms with Gasteiger partial charge in [-0.15, -0.1) is 0 Å². The summed E-state index contributed by atoms with van der Waals surface area (Å²) in [7, 11) is -3.61. The van der Waals surface area contributed by atoms with Crippen LogP contribution in [-0.2, 0) is 14.8 Å². The average molecular weight is 314 g/mol. The molecule has 3 atom stereocenters. The average Bonchev–Trinajstić information content (AvgIpc) is 2.46. The van der Waals surface area contributed by atoms with E-state index in [1.165, 1.54) is 4.31 Å². The predicted molar refractivity (Wildman–Crippen MR) is 79.2 cm³/mol.